The number of para-hydroxylation sites is 1. The van der Waals surface area contributed by atoms with E-state index in [1.165, 1.54) is 21.5 Å². The fourth-order valence-electron chi connectivity index (χ4n) is 6.90. The van der Waals surface area contributed by atoms with E-state index >= 15 is 0 Å². The molecule has 0 saturated heterocycles. The maximum Gasteiger partial charge on any atom is 0.229 e. The molecule has 0 N–H and O–H groups in total. The number of rotatable bonds is 3. The summed E-state index contributed by atoms with van der Waals surface area (Å²) in [4.78, 5) is 11.8. The molecule has 0 saturated carbocycles. The molecular weight excluding hydrogens is 554 g/mol. The summed E-state index contributed by atoms with van der Waals surface area (Å²) < 4.78 is 12.5. The molecular formula is C40H23N3O2. The molecule has 0 bridgehead atoms. The van der Waals surface area contributed by atoms with Crippen molar-refractivity contribution < 1.29 is 8.83 Å². The molecule has 5 heteroatoms. The van der Waals surface area contributed by atoms with Crippen molar-refractivity contribution in [3.05, 3.63) is 140 Å². The number of hydrogen-bond donors (Lipinski definition) is 0. The Kier molecular flexibility index (Phi) is 4.93. The van der Waals surface area contributed by atoms with Crippen LogP contribution in [0.1, 0.15) is 0 Å². The number of benzene rings is 6. The highest BCUT2D eigenvalue weighted by atomic mass is 16.3. The average Bonchev–Trinajstić information content (AvgIpc) is 3.66. The van der Waals surface area contributed by atoms with Crippen LogP contribution in [0, 0.1) is 0 Å². The minimum absolute atomic E-state index is 0.601. The van der Waals surface area contributed by atoms with Crippen molar-refractivity contribution in [3.63, 3.8) is 0 Å². The second-order valence-corrected chi connectivity index (χ2v) is 11.4. The van der Waals surface area contributed by atoms with Crippen molar-refractivity contribution in [3.8, 4) is 0 Å². The van der Waals surface area contributed by atoms with E-state index in [0.29, 0.717) is 11.4 Å². The van der Waals surface area contributed by atoms with Crippen molar-refractivity contribution in [1.29, 1.82) is 0 Å². The van der Waals surface area contributed by atoms with Crippen molar-refractivity contribution in [1.82, 2.24) is 9.97 Å². The first-order valence-corrected chi connectivity index (χ1v) is 15.0. The first-order valence-electron chi connectivity index (χ1n) is 15.0. The molecule has 0 unspecified atom stereocenters. The zero-order chi connectivity index (χ0) is 29.5. The number of furan rings is 2. The van der Waals surface area contributed by atoms with Crippen LogP contribution in [-0.2, 0) is 0 Å². The topological polar surface area (TPSA) is 55.3 Å². The molecule has 0 radical (unpaired) electrons. The Balaban J connectivity index is 1.29. The van der Waals surface area contributed by atoms with Crippen molar-refractivity contribution in [2.45, 2.75) is 0 Å². The van der Waals surface area contributed by atoms with E-state index < -0.39 is 0 Å². The Morgan fingerprint density at radius 1 is 0.467 bits per heavy atom. The summed E-state index contributed by atoms with van der Waals surface area (Å²) in [6, 6.07) is 46.5. The summed E-state index contributed by atoms with van der Waals surface area (Å²) in [5, 5.41) is 11.2. The lowest BCUT2D eigenvalue weighted by atomic mass is 9.95. The van der Waals surface area contributed by atoms with E-state index in [9.17, 15) is 0 Å². The number of nitrogens with zero attached hydrogens (tertiary/aromatic N) is 3. The van der Waals surface area contributed by atoms with E-state index in [-0.39, 0.29) is 0 Å². The van der Waals surface area contributed by atoms with Gasteiger partial charge in [0.1, 0.15) is 17.0 Å². The fourth-order valence-corrected chi connectivity index (χ4v) is 6.90. The Hall–Kier alpha value is -6.20. The third-order valence-corrected chi connectivity index (χ3v) is 8.92. The van der Waals surface area contributed by atoms with Gasteiger partial charge >= 0.3 is 0 Å². The molecule has 6 aromatic carbocycles. The molecule has 10 aromatic rings. The maximum absolute atomic E-state index is 6.27. The second-order valence-electron chi connectivity index (χ2n) is 11.4. The summed E-state index contributed by atoms with van der Waals surface area (Å²) in [6.07, 6.45) is 1.76. The summed E-state index contributed by atoms with van der Waals surface area (Å²) in [5.74, 6) is 0.750. The number of fused-ring (bicyclic) bond motifs is 11. The summed E-state index contributed by atoms with van der Waals surface area (Å²) in [7, 11) is 0. The number of hydrogen-bond acceptors (Lipinski definition) is 5. The van der Waals surface area contributed by atoms with E-state index in [1.54, 1.807) is 6.20 Å². The molecule has 45 heavy (non-hydrogen) atoms. The Bertz CT molecular complexity index is 2680. The number of pyridine rings is 2. The van der Waals surface area contributed by atoms with Crippen molar-refractivity contribution in [2.75, 3.05) is 4.90 Å². The van der Waals surface area contributed by atoms with Gasteiger partial charge in [0.2, 0.25) is 11.4 Å². The summed E-state index contributed by atoms with van der Waals surface area (Å²) in [5.41, 5.74) is 4.76. The van der Waals surface area contributed by atoms with Crippen LogP contribution in [0.15, 0.2) is 148 Å². The van der Waals surface area contributed by atoms with Gasteiger partial charge in [0.25, 0.3) is 0 Å². The van der Waals surface area contributed by atoms with E-state index in [1.807, 2.05) is 30.3 Å². The number of anilines is 3. The van der Waals surface area contributed by atoms with Crippen LogP contribution in [0.4, 0.5) is 17.2 Å². The molecule has 4 heterocycles. The lowest BCUT2D eigenvalue weighted by Gasteiger charge is -2.26. The van der Waals surface area contributed by atoms with Crippen LogP contribution >= 0.6 is 0 Å². The van der Waals surface area contributed by atoms with Gasteiger partial charge in [-0.25, -0.2) is 4.98 Å². The average molecular weight is 578 g/mol. The Morgan fingerprint density at radius 2 is 1.16 bits per heavy atom. The third-order valence-electron chi connectivity index (χ3n) is 8.92. The first kappa shape index (κ1) is 24.3. The highest BCUT2D eigenvalue weighted by Gasteiger charge is 2.22. The molecule has 0 aliphatic heterocycles. The lowest BCUT2D eigenvalue weighted by molar-refractivity contribution is 0.654. The van der Waals surface area contributed by atoms with Crippen LogP contribution < -0.4 is 4.90 Å². The second kappa shape index (κ2) is 9.15. The predicted molar refractivity (Wildman–Crippen MR) is 184 cm³/mol. The minimum Gasteiger partial charge on any atom is -0.438 e. The highest BCUT2D eigenvalue weighted by Crippen LogP contribution is 2.44. The molecule has 0 atom stereocenters. The molecule has 0 aliphatic rings. The van der Waals surface area contributed by atoms with E-state index in [4.69, 9.17) is 13.8 Å². The first-order chi connectivity index (χ1) is 22.3. The largest absolute Gasteiger partial charge is 0.438 e. The molecule has 210 valence electrons. The van der Waals surface area contributed by atoms with Crippen LogP contribution in [0.3, 0.4) is 0 Å². The zero-order valence-corrected chi connectivity index (χ0v) is 23.9. The van der Waals surface area contributed by atoms with E-state index in [2.05, 4.69) is 113 Å². The molecule has 5 nitrogen and oxygen atoms in total. The lowest BCUT2D eigenvalue weighted by Crippen LogP contribution is -2.12. The van der Waals surface area contributed by atoms with Crippen LogP contribution in [-0.4, -0.2) is 9.97 Å². The van der Waals surface area contributed by atoms with Crippen LogP contribution in [0.2, 0.25) is 0 Å². The van der Waals surface area contributed by atoms with Crippen molar-refractivity contribution in [2.24, 2.45) is 0 Å². The van der Waals surface area contributed by atoms with Gasteiger partial charge in [-0.15, -0.1) is 0 Å². The maximum atomic E-state index is 6.27. The third kappa shape index (κ3) is 3.55. The van der Waals surface area contributed by atoms with Gasteiger partial charge in [-0.1, -0.05) is 78.9 Å². The Morgan fingerprint density at radius 3 is 2.09 bits per heavy atom. The SMILES string of the molecule is c1ccc2c(c1)ccc1cc(N(c3ccc4c(c3)oc3ncccc34)c3ccc4c(n3)oc3ccccc34)c3ccccc3c12. The highest BCUT2D eigenvalue weighted by molar-refractivity contribution is 6.23. The van der Waals surface area contributed by atoms with Crippen LogP contribution in [0.5, 0.6) is 0 Å². The van der Waals surface area contributed by atoms with Crippen LogP contribution in [0.25, 0.3) is 76.5 Å². The number of aromatic nitrogens is 2. The van der Waals surface area contributed by atoms with Gasteiger partial charge in [0.05, 0.1) is 11.4 Å². The van der Waals surface area contributed by atoms with Gasteiger partial charge < -0.3 is 8.83 Å². The smallest absolute Gasteiger partial charge is 0.229 e. The Labute approximate surface area is 256 Å². The van der Waals surface area contributed by atoms with Gasteiger partial charge in [-0.2, -0.15) is 4.98 Å². The molecule has 0 aliphatic carbocycles. The molecule has 10 rings (SSSR count). The van der Waals surface area contributed by atoms with Gasteiger partial charge in [-0.3, -0.25) is 4.90 Å². The minimum atomic E-state index is 0.601. The zero-order valence-electron chi connectivity index (χ0n) is 23.9. The quantitative estimate of drug-likeness (QED) is 0.196. The standard InChI is InChI=1S/C40H23N3O2/c1-2-9-27-24(8-1)15-16-25-22-34(28-10-3-4-12-31(28)38(25)27)43(26-17-18-30-32-13-7-21-41-39(32)45-36(30)23-26)37-20-19-33-29-11-5-6-14-35(29)44-40(33)42-37/h1-23H. The molecule has 0 spiro atoms. The normalized spacial score (nSPS) is 12.0. The summed E-state index contributed by atoms with van der Waals surface area (Å²) in [6.45, 7) is 0. The monoisotopic (exact) mass is 577 g/mol. The fraction of sp³-hybridized carbons (Fsp3) is 0. The van der Waals surface area contributed by atoms with E-state index in [0.717, 1.165) is 60.7 Å². The van der Waals surface area contributed by atoms with Gasteiger partial charge in [0, 0.05) is 39.2 Å². The van der Waals surface area contributed by atoms with Gasteiger partial charge in [-0.05, 0) is 75.5 Å². The van der Waals surface area contributed by atoms with Gasteiger partial charge in [0.15, 0.2) is 0 Å². The summed E-state index contributed by atoms with van der Waals surface area (Å²) >= 11 is 0. The van der Waals surface area contributed by atoms with Crippen molar-refractivity contribution >= 4 is 93.6 Å². The predicted octanol–water partition coefficient (Wildman–Crippen LogP) is 11.2. The molecule has 0 amide bonds. The molecule has 0 fully saturated rings. The molecule has 4 aromatic heterocycles.